The van der Waals surface area contributed by atoms with Crippen LogP contribution in [0.15, 0.2) is 11.1 Å². The van der Waals surface area contributed by atoms with Gasteiger partial charge in [0.05, 0.1) is 0 Å². The van der Waals surface area contributed by atoms with Crippen LogP contribution in [0, 0.1) is 5.92 Å². The van der Waals surface area contributed by atoms with Crippen molar-refractivity contribution in [3.05, 3.63) is 6.20 Å². The summed E-state index contributed by atoms with van der Waals surface area (Å²) in [7, 11) is -3.60. The Balaban J connectivity index is 2.94. The highest BCUT2D eigenvalue weighted by molar-refractivity contribution is 7.89. The molecule has 0 aliphatic rings. The number of anilines is 1. The first-order valence-electron chi connectivity index (χ1n) is 6.67. The zero-order valence-electron chi connectivity index (χ0n) is 12.0. The van der Waals surface area contributed by atoms with Gasteiger partial charge in [0.25, 0.3) is 0 Å². The predicted molar refractivity (Wildman–Crippen MR) is 76.2 cm³/mol. The molecular formula is C12H24N4O2S. The summed E-state index contributed by atoms with van der Waals surface area (Å²) < 4.78 is 28.7. The van der Waals surface area contributed by atoms with E-state index in [1.165, 1.54) is 6.20 Å². The molecule has 0 aliphatic carbocycles. The molecule has 3 N–H and O–H groups in total. The van der Waals surface area contributed by atoms with Crippen molar-refractivity contribution in [1.82, 2.24) is 14.5 Å². The summed E-state index contributed by atoms with van der Waals surface area (Å²) >= 11 is 0. The molecule has 1 aromatic rings. The van der Waals surface area contributed by atoms with Gasteiger partial charge in [-0.3, -0.25) is 4.68 Å². The number of nitrogens with one attached hydrogen (secondary N) is 1. The normalized spacial score (nSPS) is 15.4. The van der Waals surface area contributed by atoms with Gasteiger partial charge in [0.1, 0.15) is 4.90 Å². The molecule has 1 rings (SSSR count). The van der Waals surface area contributed by atoms with E-state index in [2.05, 4.69) is 9.82 Å². The molecule has 7 heteroatoms. The van der Waals surface area contributed by atoms with Crippen molar-refractivity contribution >= 4 is 15.8 Å². The molecule has 2 unspecified atom stereocenters. The number of sulfonamides is 1. The lowest BCUT2D eigenvalue weighted by Crippen LogP contribution is -2.37. The van der Waals surface area contributed by atoms with E-state index < -0.39 is 10.0 Å². The predicted octanol–water partition coefficient (Wildman–Crippen LogP) is 1.59. The molecule has 6 nitrogen and oxygen atoms in total. The molecular weight excluding hydrogens is 264 g/mol. The molecule has 2 atom stereocenters. The lowest BCUT2D eigenvalue weighted by Gasteiger charge is -2.19. The molecule has 110 valence electrons. The standard InChI is InChI=1S/C12H24N4O2S/c1-5-7-16-8-11(12(13)14-16)19(17,18)15-10(4)9(3)6-2/h8-10,15H,5-7H2,1-4H3,(H2,13,14). The van der Waals surface area contributed by atoms with E-state index in [9.17, 15) is 8.42 Å². The van der Waals surface area contributed by atoms with E-state index in [0.29, 0.717) is 6.54 Å². The third-order valence-corrected chi connectivity index (χ3v) is 4.91. The first-order valence-corrected chi connectivity index (χ1v) is 8.15. The van der Waals surface area contributed by atoms with Crippen LogP contribution in [-0.2, 0) is 16.6 Å². The number of nitrogens with two attached hydrogens (primary N) is 1. The molecule has 0 radical (unpaired) electrons. The Morgan fingerprint density at radius 1 is 1.42 bits per heavy atom. The lowest BCUT2D eigenvalue weighted by molar-refractivity contribution is 0.434. The lowest BCUT2D eigenvalue weighted by atomic mass is 10.0. The highest BCUT2D eigenvalue weighted by Gasteiger charge is 2.24. The SMILES string of the molecule is CCCn1cc(S(=O)(=O)NC(C)C(C)CC)c(N)n1. The van der Waals surface area contributed by atoms with Gasteiger partial charge in [-0.25, -0.2) is 13.1 Å². The monoisotopic (exact) mass is 288 g/mol. The Kier molecular flexibility index (Phi) is 5.37. The summed E-state index contributed by atoms with van der Waals surface area (Å²) in [5.74, 6) is 0.319. The van der Waals surface area contributed by atoms with Crippen molar-refractivity contribution in [1.29, 1.82) is 0 Å². The van der Waals surface area contributed by atoms with E-state index >= 15 is 0 Å². The van der Waals surface area contributed by atoms with Gasteiger partial charge < -0.3 is 5.73 Å². The number of nitrogen functional groups attached to an aromatic ring is 1. The number of aryl methyl sites for hydroxylation is 1. The molecule has 0 amide bonds. The Morgan fingerprint density at radius 2 is 2.05 bits per heavy atom. The molecule has 19 heavy (non-hydrogen) atoms. The van der Waals surface area contributed by atoms with Crippen LogP contribution in [0.4, 0.5) is 5.82 Å². The van der Waals surface area contributed by atoms with Crippen molar-refractivity contribution in [3.63, 3.8) is 0 Å². The minimum atomic E-state index is -3.60. The maximum absolute atomic E-state index is 12.3. The van der Waals surface area contributed by atoms with E-state index in [1.54, 1.807) is 4.68 Å². The van der Waals surface area contributed by atoms with Gasteiger partial charge >= 0.3 is 0 Å². The molecule has 0 bridgehead atoms. The molecule has 0 aliphatic heterocycles. The maximum atomic E-state index is 12.3. The molecule has 0 aromatic carbocycles. The molecule has 0 saturated heterocycles. The summed E-state index contributed by atoms with van der Waals surface area (Å²) in [5, 5.41) is 4.01. The van der Waals surface area contributed by atoms with E-state index in [0.717, 1.165) is 12.8 Å². The van der Waals surface area contributed by atoms with Gasteiger partial charge in [-0.05, 0) is 19.3 Å². The van der Waals surface area contributed by atoms with Crippen molar-refractivity contribution in [3.8, 4) is 0 Å². The molecule has 0 fully saturated rings. The van der Waals surface area contributed by atoms with Crippen LogP contribution in [0.5, 0.6) is 0 Å². The first-order chi connectivity index (χ1) is 8.81. The van der Waals surface area contributed by atoms with Crippen LogP contribution < -0.4 is 10.5 Å². The minimum absolute atomic E-state index is 0.0531. The second-order valence-corrected chi connectivity index (χ2v) is 6.62. The van der Waals surface area contributed by atoms with Crippen LogP contribution in [0.3, 0.4) is 0 Å². The second-order valence-electron chi connectivity index (χ2n) is 4.94. The van der Waals surface area contributed by atoms with Crippen LogP contribution in [0.25, 0.3) is 0 Å². The van der Waals surface area contributed by atoms with Gasteiger partial charge in [0.15, 0.2) is 5.82 Å². The zero-order valence-corrected chi connectivity index (χ0v) is 12.9. The highest BCUT2D eigenvalue weighted by Crippen LogP contribution is 2.18. The Hall–Kier alpha value is -1.08. The highest BCUT2D eigenvalue weighted by atomic mass is 32.2. The van der Waals surface area contributed by atoms with Crippen LogP contribution in [0.2, 0.25) is 0 Å². The number of nitrogens with zero attached hydrogens (tertiary/aromatic N) is 2. The van der Waals surface area contributed by atoms with Crippen LogP contribution in [0.1, 0.15) is 40.5 Å². The average molecular weight is 288 g/mol. The molecule has 1 heterocycles. The summed E-state index contributed by atoms with van der Waals surface area (Å²) in [6, 6.07) is -0.135. The molecule has 1 aromatic heterocycles. The Bertz CT molecular complexity index is 510. The summed E-state index contributed by atoms with van der Waals surface area (Å²) in [4.78, 5) is 0.0658. The van der Waals surface area contributed by atoms with Crippen molar-refractivity contribution in [2.75, 3.05) is 5.73 Å². The summed E-state index contributed by atoms with van der Waals surface area (Å²) in [6.45, 7) is 8.55. The fraction of sp³-hybridized carbons (Fsp3) is 0.750. The van der Waals surface area contributed by atoms with Gasteiger partial charge in [-0.15, -0.1) is 0 Å². The van der Waals surface area contributed by atoms with Crippen molar-refractivity contribution in [2.24, 2.45) is 5.92 Å². The topological polar surface area (TPSA) is 90.0 Å². The first kappa shape index (κ1) is 16.0. The fourth-order valence-corrected chi connectivity index (χ4v) is 3.17. The second kappa shape index (κ2) is 6.38. The van der Waals surface area contributed by atoms with Gasteiger partial charge in [-0.1, -0.05) is 27.2 Å². The van der Waals surface area contributed by atoms with E-state index in [-0.39, 0.29) is 22.7 Å². The smallest absolute Gasteiger partial charge is 0.246 e. The minimum Gasteiger partial charge on any atom is -0.381 e. The van der Waals surface area contributed by atoms with Gasteiger partial charge in [0.2, 0.25) is 10.0 Å². The average Bonchev–Trinajstić information content (AvgIpc) is 2.70. The van der Waals surface area contributed by atoms with Crippen LogP contribution >= 0.6 is 0 Å². The van der Waals surface area contributed by atoms with Gasteiger partial charge in [0, 0.05) is 18.8 Å². The maximum Gasteiger partial charge on any atom is 0.246 e. The third-order valence-electron chi connectivity index (χ3n) is 3.34. The Labute approximate surface area is 115 Å². The molecule has 0 spiro atoms. The molecule has 0 saturated carbocycles. The summed E-state index contributed by atoms with van der Waals surface area (Å²) in [6.07, 6.45) is 3.27. The number of hydrogen-bond acceptors (Lipinski definition) is 4. The van der Waals surface area contributed by atoms with Gasteiger partial charge in [-0.2, -0.15) is 5.10 Å². The number of hydrogen-bond donors (Lipinski definition) is 2. The Morgan fingerprint density at radius 3 is 2.58 bits per heavy atom. The zero-order chi connectivity index (χ0) is 14.6. The fourth-order valence-electron chi connectivity index (χ4n) is 1.75. The summed E-state index contributed by atoms with van der Waals surface area (Å²) in [5.41, 5.74) is 5.69. The quantitative estimate of drug-likeness (QED) is 0.797. The third kappa shape index (κ3) is 3.94. The number of rotatable bonds is 7. The van der Waals surface area contributed by atoms with Crippen LogP contribution in [-0.4, -0.2) is 24.2 Å². The van der Waals surface area contributed by atoms with Crippen molar-refractivity contribution < 1.29 is 8.42 Å². The van der Waals surface area contributed by atoms with E-state index in [1.807, 2.05) is 27.7 Å². The largest absolute Gasteiger partial charge is 0.381 e. The van der Waals surface area contributed by atoms with E-state index in [4.69, 9.17) is 5.73 Å². The number of aromatic nitrogens is 2. The van der Waals surface area contributed by atoms with Crippen molar-refractivity contribution in [2.45, 2.75) is 58.0 Å².